The molecule has 0 bridgehead atoms. The Labute approximate surface area is 107 Å². The van der Waals surface area contributed by atoms with E-state index in [1.54, 1.807) is 13.3 Å². The normalized spacial score (nSPS) is 10.4. The van der Waals surface area contributed by atoms with Crippen LogP contribution in [0.4, 0.5) is 5.69 Å². The van der Waals surface area contributed by atoms with Crippen LogP contribution in [0, 0.1) is 0 Å². The van der Waals surface area contributed by atoms with Crippen molar-refractivity contribution in [3.63, 3.8) is 0 Å². The van der Waals surface area contributed by atoms with E-state index in [-0.39, 0.29) is 6.42 Å². The summed E-state index contributed by atoms with van der Waals surface area (Å²) in [6, 6.07) is 4.07. The zero-order valence-corrected chi connectivity index (χ0v) is 11.1. The Morgan fingerprint density at radius 2 is 2.28 bits per heavy atom. The molecule has 1 N–H and O–H groups in total. The summed E-state index contributed by atoms with van der Waals surface area (Å²) in [7, 11) is 1.58. The van der Waals surface area contributed by atoms with E-state index in [2.05, 4.69) is 23.7 Å². The van der Waals surface area contributed by atoms with Crippen molar-refractivity contribution in [2.24, 2.45) is 0 Å². The molecule has 1 rings (SSSR count). The molecule has 0 aromatic carbocycles. The molecule has 1 heterocycles. The second kappa shape index (κ2) is 6.83. The van der Waals surface area contributed by atoms with Crippen LogP contribution in [0.25, 0.3) is 0 Å². The van der Waals surface area contributed by atoms with E-state index in [1.165, 1.54) is 0 Å². The van der Waals surface area contributed by atoms with Crippen LogP contribution in [0.2, 0.25) is 0 Å². The number of aromatic nitrogens is 1. The molecule has 0 amide bonds. The first-order valence-corrected chi connectivity index (χ1v) is 6.03. The van der Waals surface area contributed by atoms with E-state index in [4.69, 9.17) is 9.84 Å². The van der Waals surface area contributed by atoms with Crippen LogP contribution in [-0.2, 0) is 4.79 Å². The van der Waals surface area contributed by atoms with Crippen LogP contribution in [0.3, 0.4) is 0 Å². The number of hydrogen-bond donors (Lipinski definition) is 1. The van der Waals surface area contributed by atoms with E-state index in [0.717, 1.165) is 5.69 Å². The first-order chi connectivity index (χ1) is 8.54. The van der Waals surface area contributed by atoms with Gasteiger partial charge < -0.3 is 14.7 Å². The summed E-state index contributed by atoms with van der Waals surface area (Å²) in [6.45, 7) is 4.86. The molecule has 0 aliphatic carbocycles. The van der Waals surface area contributed by atoms with E-state index < -0.39 is 5.97 Å². The molecular weight excluding hydrogens is 232 g/mol. The van der Waals surface area contributed by atoms with Gasteiger partial charge in [-0.25, -0.2) is 4.98 Å². The maximum absolute atomic E-state index is 10.5. The summed E-state index contributed by atoms with van der Waals surface area (Å²) in [5.41, 5.74) is 1.00. The number of carboxylic acids is 1. The van der Waals surface area contributed by atoms with E-state index in [0.29, 0.717) is 24.9 Å². The summed E-state index contributed by atoms with van der Waals surface area (Å²) in [5, 5.41) is 8.67. The fraction of sp³-hybridized carbons (Fsp3) is 0.538. The van der Waals surface area contributed by atoms with Gasteiger partial charge in [-0.15, -0.1) is 0 Å². The van der Waals surface area contributed by atoms with Gasteiger partial charge in [0.15, 0.2) is 0 Å². The zero-order chi connectivity index (χ0) is 13.5. The van der Waals surface area contributed by atoms with Gasteiger partial charge in [-0.05, 0) is 26.3 Å². The molecule has 0 spiro atoms. The van der Waals surface area contributed by atoms with Crippen LogP contribution in [-0.4, -0.2) is 35.8 Å². The molecule has 18 heavy (non-hydrogen) atoms. The van der Waals surface area contributed by atoms with Crippen molar-refractivity contribution in [2.75, 3.05) is 18.6 Å². The fourth-order valence-corrected chi connectivity index (χ4v) is 1.78. The Bertz CT molecular complexity index is 394. The first-order valence-electron chi connectivity index (χ1n) is 6.03. The highest BCUT2D eigenvalue weighted by Gasteiger charge is 2.12. The molecule has 0 saturated heterocycles. The lowest BCUT2D eigenvalue weighted by molar-refractivity contribution is -0.137. The maximum atomic E-state index is 10.5. The monoisotopic (exact) mass is 252 g/mol. The van der Waals surface area contributed by atoms with Gasteiger partial charge in [-0.3, -0.25) is 4.79 Å². The Morgan fingerprint density at radius 1 is 1.56 bits per heavy atom. The number of aliphatic carboxylic acids is 1. The number of carboxylic acid groups (broad SMARTS) is 1. The number of anilines is 1. The standard InChI is InChI=1S/C13H20N2O3/c1-10(2)15(8-4-5-13(16)17)11-6-7-14-12(9-11)18-3/h6-7,9-10H,4-5,8H2,1-3H3,(H,16,17). The number of methoxy groups -OCH3 is 1. The highest BCUT2D eigenvalue weighted by atomic mass is 16.5. The molecule has 100 valence electrons. The number of hydrogen-bond acceptors (Lipinski definition) is 4. The van der Waals surface area contributed by atoms with Crippen molar-refractivity contribution in [1.82, 2.24) is 4.98 Å². The number of pyridine rings is 1. The molecule has 0 atom stereocenters. The lowest BCUT2D eigenvalue weighted by atomic mass is 10.2. The van der Waals surface area contributed by atoms with Crippen LogP contribution in [0.5, 0.6) is 5.88 Å². The third-order valence-electron chi connectivity index (χ3n) is 2.67. The summed E-state index contributed by atoms with van der Waals surface area (Å²) in [4.78, 5) is 16.8. The predicted octanol–water partition coefficient (Wildman–Crippen LogP) is 2.17. The van der Waals surface area contributed by atoms with E-state index in [1.807, 2.05) is 12.1 Å². The Hall–Kier alpha value is -1.78. The predicted molar refractivity (Wildman–Crippen MR) is 70.1 cm³/mol. The van der Waals surface area contributed by atoms with Gasteiger partial charge in [0, 0.05) is 37.0 Å². The largest absolute Gasteiger partial charge is 0.481 e. The summed E-state index contributed by atoms with van der Waals surface area (Å²) >= 11 is 0. The maximum Gasteiger partial charge on any atom is 0.303 e. The first kappa shape index (κ1) is 14.3. The van der Waals surface area contributed by atoms with Crippen molar-refractivity contribution < 1.29 is 14.6 Å². The second-order valence-electron chi connectivity index (χ2n) is 4.34. The van der Waals surface area contributed by atoms with Gasteiger partial charge >= 0.3 is 5.97 Å². The summed E-state index contributed by atoms with van der Waals surface area (Å²) in [6.07, 6.45) is 2.50. The van der Waals surface area contributed by atoms with Crippen LogP contribution in [0.1, 0.15) is 26.7 Å². The topological polar surface area (TPSA) is 62.7 Å². The van der Waals surface area contributed by atoms with Gasteiger partial charge in [0.25, 0.3) is 0 Å². The molecule has 1 aromatic rings. The molecule has 0 radical (unpaired) electrons. The van der Waals surface area contributed by atoms with Crippen LogP contribution in [0.15, 0.2) is 18.3 Å². The minimum absolute atomic E-state index is 0.186. The average Bonchev–Trinajstić information content (AvgIpc) is 2.34. The smallest absolute Gasteiger partial charge is 0.303 e. The van der Waals surface area contributed by atoms with E-state index in [9.17, 15) is 4.79 Å². The Balaban J connectivity index is 2.73. The molecule has 0 fully saturated rings. The van der Waals surface area contributed by atoms with Gasteiger partial charge in [0.1, 0.15) is 0 Å². The van der Waals surface area contributed by atoms with E-state index >= 15 is 0 Å². The Morgan fingerprint density at radius 3 is 2.83 bits per heavy atom. The molecule has 0 aliphatic heterocycles. The highest BCUT2D eigenvalue weighted by molar-refractivity contribution is 5.66. The fourth-order valence-electron chi connectivity index (χ4n) is 1.78. The minimum atomic E-state index is -0.758. The average molecular weight is 252 g/mol. The number of rotatable bonds is 7. The molecule has 0 saturated carbocycles. The van der Waals surface area contributed by atoms with Gasteiger partial charge in [-0.2, -0.15) is 0 Å². The third kappa shape index (κ3) is 4.24. The van der Waals surface area contributed by atoms with Crippen molar-refractivity contribution >= 4 is 11.7 Å². The highest BCUT2D eigenvalue weighted by Crippen LogP contribution is 2.21. The SMILES string of the molecule is COc1cc(N(CCCC(=O)O)C(C)C)ccn1. The van der Waals surface area contributed by atoms with Crippen molar-refractivity contribution in [3.8, 4) is 5.88 Å². The summed E-state index contributed by atoms with van der Waals surface area (Å²) in [5.74, 6) is -0.192. The van der Waals surface area contributed by atoms with Gasteiger partial charge in [-0.1, -0.05) is 0 Å². The Kier molecular flexibility index (Phi) is 5.42. The van der Waals surface area contributed by atoms with Crippen molar-refractivity contribution in [2.45, 2.75) is 32.7 Å². The minimum Gasteiger partial charge on any atom is -0.481 e. The molecular formula is C13H20N2O3. The van der Waals surface area contributed by atoms with Crippen LogP contribution < -0.4 is 9.64 Å². The molecule has 0 aliphatic rings. The van der Waals surface area contributed by atoms with Crippen molar-refractivity contribution in [3.05, 3.63) is 18.3 Å². The summed E-state index contributed by atoms with van der Waals surface area (Å²) < 4.78 is 5.10. The van der Waals surface area contributed by atoms with Crippen molar-refractivity contribution in [1.29, 1.82) is 0 Å². The lowest BCUT2D eigenvalue weighted by Gasteiger charge is -2.29. The molecule has 0 unspecified atom stereocenters. The lowest BCUT2D eigenvalue weighted by Crippen LogP contribution is -2.32. The zero-order valence-electron chi connectivity index (χ0n) is 11.1. The van der Waals surface area contributed by atoms with Gasteiger partial charge in [0.05, 0.1) is 7.11 Å². The third-order valence-corrected chi connectivity index (χ3v) is 2.67. The molecule has 1 aromatic heterocycles. The number of carbonyl (C=O) groups is 1. The quantitative estimate of drug-likeness (QED) is 0.805. The van der Waals surface area contributed by atoms with Crippen LogP contribution >= 0.6 is 0 Å². The molecule has 5 heteroatoms. The second-order valence-corrected chi connectivity index (χ2v) is 4.34. The number of ether oxygens (including phenoxy) is 1. The van der Waals surface area contributed by atoms with Gasteiger partial charge in [0.2, 0.25) is 5.88 Å². The number of nitrogens with zero attached hydrogens (tertiary/aromatic N) is 2. The molecule has 5 nitrogen and oxygen atoms in total.